The molecule has 0 spiro atoms. The predicted octanol–water partition coefficient (Wildman–Crippen LogP) is 3.43. The first-order valence-electron chi connectivity index (χ1n) is 6.64. The molecular formula is C14H17N3S2. The van der Waals surface area contributed by atoms with E-state index in [1.54, 1.807) is 11.3 Å². The van der Waals surface area contributed by atoms with Crippen molar-refractivity contribution in [3.63, 3.8) is 0 Å². The second-order valence-electron chi connectivity index (χ2n) is 4.63. The molecule has 3 nitrogen and oxygen atoms in total. The average molecular weight is 291 g/mol. The monoisotopic (exact) mass is 291 g/mol. The van der Waals surface area contributed by atoms with Crippen LogP contribution in [0.25, 0.3) is 0 Å². The standard InChI is InChI=1S/C14H17N3S2/c1-2-7-15-9-13-16-17-14(19-13)12-8-10-5-3-4-6-11(10)18-12/h3-6,12,15H,2,7-9H2,1H3. The lowest BCUT2D eigenvalue weighted by Gasteiger charge is -2.01. The van der Waals surface area contributed by atoms with Gasteiger partial charge in [0, 0.05) is 11.4 Å². The molecule has 1 aromatic heterocycles. The van der Waals surface area contributed by atoms with Gasteiger partial charge in [0.2, 0.25) is 0 Å². The second-order valence-corrected chi connectivity index (χ2v) is 6.97. The molecule has 1 atom stereocenters. The molecule has 0 bridgehead atoms. The number of aromatic nitrogens is 2. The van der Waals surface area contributed by atoms with Crippen molar-refractivity contribution in [1.82, 2.24) is 15.5 Å². The molecule has 1 aliphatic rings. The molecule has 1 aromatic carbocycles. The van der Waals surface area contributed by atoms with Gasteiger partial charge in [0.1, 0.15) is 10.0 Å². The molecule has 2 aromatic rings. The number of hydrogen-bond acceptors (Lipinski definition) is 5. The lowest BCUT2D eigenvalue weighted by molar-refractivity contribution is 0.667. The van der Waals surface area contributed by atoms with E-state index >= 15 is 0 Å². The fourth-order valence-electron chi connectivity index (χ4n) is 2.16. The van der Waals surface area contributed by atoms with Crippen LogP contribution in [-0.2, 0) is 13.0 Å². The fraction of sp³-hybridized carbons (Fsp3) is 0.429. The number of thioether (sulfide) groups is 1. The zero-order valence-electron chi connectivity index (χ0n) is 10.9. The van der Waals surface area contributed by atoms with Crippen molar-refractivity contribution in [2.45, 2.75) is 36.5 Å². The van der Waals surface area contributed by atoms with Crippen LogP contribution in [-0.4, -0.2) is 16.7 Å². The van der Waals surface area contributed by atoms with Gasteiger partial charge >= 0.3 is 0 Å². The van der Waals surface area contributed by atoms with Crippen molar-refractivity contribution in [3.05, 3.63) is 39.8 Å². The smallest absolute Gasteiger partial charge is 0.131 e. The highest BCUT2D eigenvalue weighted by atomic mass is 32.2. The number of hydrogen-bond donors (Lipinski definition) is 1. The van der Waals surface area contributed by atoms with Crippen molar-refractivity contribution >= 4 is 23.1 Å². The summed E-state index contributed by atoms with van der Waals surface area (Å²) in [5.74, 6) is 0. The quantitative estimate of drug-likeness (QED) is 0.857. The Balaban J connectivity index is 1.65. The maximum Gasteiger partial charge on any atom is 0.131 e. The highest BCUT2D eigenvalue weighted by Crippen LogP contribution is 2.46. The highest BCUT2D eigenvalue weighted by molar-refractivity contribution is 8.00. The van der Waals surface area contributed by atoms with Gasteiger partial charge < -0.3 is 5.32 Å². The summed E-state index contributed by atoms with van der Waals surface area (Å²) in [4.78, 5) is 1.40. The van der Waals surface area contributed by atoms with Gasteiger partial charge in [-0.2, -0.15) is 0 Å². The number of rotatable bonds is 5. The Bertz CT molecular complexity index is 528. The maximum atomic E-state index is 4.37. The van der Waals surface area contributed by atoms with Crippen LogP contribution < -0.4 is 5.32 Å². The van der Waals surface area contributed by atoms with Crippen molar-refractivity contribution < 1.29 is 0 Å². The lowest BCUT2D eigenvalue weighted by atomic mass is 10.1. The van der Waals surface area contributed by atoms with E-state index in [0.29, 0.717) is 5.25 Å². The molecule has 19 heavy (non-hydrogen) atoms. The number of nitrogens with zero attached hydrogens (tertiary/aromatic N) is 2. The van der Waals surface area contributed by atoms with Gasteiger partial charge in [0.25, 0.3) is 0 Å². The Morgan fingerprint density at radius 3 is 3.05 bits per heavy atom. The van der Waals surface area contributed by atoms with E-state index in [-0.39, 0.29) is 0 Å². The highest BCUT2D eigenvalue weighted by Gasteiger charge is 2.26. The third-order valence-corrected chi connectivity index (χ3v) is 5.62. The van der Waals surface area contributed by atoms with Gasteiger partial charge in [-0.25, -0.2) is 0 Å². The summed E-state index contributed by atoms with van der Waals surface area (Å²) in [6.45, 7) is 4.05. The molecule has 2 heterocycles. The summed E-state index contributed by atoms with van der Waals surface area (Å²) >= 11 is 3.66. The maximum absolute atomic E-state index is 4.37. The van der Waals surface area contributed by atoms with Gasteiger partial charge in [-0.3, -0.25) is 0 Å². The van der Waals surface area contributed by atoms with Crippen LogP contribution in [0.2, 0.25) is 0 Å². The topological polar surface area (TPSA) is 37.8 Å². The van der Waals surface area contributed by atoms with E-state index < -0.39 is 0 Å². The van der Waals surface area contributed by atoms with E-state index in [9.17, 15) is 0 Å². The van der Waals surface area contributed by atoms with Crippen molar-refractivity contribution in [2.75, 3.05) is 6.54 Å². The molecule has 1 unspecified atom stereocenters. The number of fused-ring (bicyclic) bond motifs is 1. The summed E-state index contributed by atoms with van der Waals surface area (Å²) in [5.41, 5.74) is 1.44. The Morgan fingerprint density at radius 1 is 1.32 bits per heavy atom. The van der Waals surface area contributed by atoms with Gasteiger partial charge in [-0.05, 0) is 31.0 Å². The van der Waals surface area contributed by atoms with Crippen molar-refractivity contribution in [2.24, 2.45) is 0 Å². The molecule has 0 fully saturated rings. The van der Waals surface area contributed by atoms with Crippen LogP contribution in [0.3, 0.4) is 0 Å². The molecular weight excluding hydrogens is 274 g/mol. The zero-order chi connectivity index (χ0) is 13.1. The molecule has 5 heteroatoms. The van der Waals surface area contributed by atoms with Crippen LogP contribution in [0.1, 0.15) is 34.2 Å². The molecule has 1 aliphatic heterocycles. The van der Waals surface area contributed by atoms with Gasteiger partial charge in [-0.1, -0.05) is 36.5 Å². The summed E-state index contributed by atoms with van der Waals surface area (Å²) in [6, 6.07) is 8.63. The molecule has 0 radical (unpaired) electrons. The average Bonchev–Trinajstić information content (AvgIpc) is 3.04. The van der Waals surface area contributed by atoms with Crippen LogP contribution in [0.5, 0.6) is 0 Å². The van der Waals surface area contributed by atoms with Gasteiger partial charge in [-0.15, -0.1) is 22.0 Å². The Kier molecular flexibility index (Phi) is 4.15. The van der Waals surface area contributed by atoms with E-state index in [1.807, 2.05) is 11.8 Å². The number of benzene rings is 1. The van der Waals surface area contributed by atoms with E-state index in [2.05, 4.69) is 46.7 Å². The largest absolute Gasteiger partial charge is 0.310 e. The SMILES string of the molecule is CCCNCc1nnc(C2Cc3ccccc3S2)s1. The van der Waals surface area contributed by atoms with E-state index in [1.165, 1.54) is 10.5 Å². The molecule has 1 N–H and O–H groups in total. The third-order valence-electron chi connectivity index (χ3n) is 3.11. The molecule has 0 saturated carbocycles. The second kappa shape index (κ2) is 6.03. The predicted molar refractivity (Wildman–Crippen MR) is 80.7 cm³/mol. The minimum Gasteiger partial charge on any atom is -0.310 e. The molecule has 3 rings (SSSR count). The Morgan fingerprint density at radius 2 is 2.21 bits per heavy atom. The van der Waals surface area contributed by atoms with E-state index in [4.69, 9.17) is 0 Å². The minimum absolute atomic E-state index is 0.454. The lowest BCUT2D eigenvalue weighted by Crippen LogP contribution is -2.13. The normalized spacial score (nSPS) is 17.6. The Labute approximate surface area is 121 Å². The van der Waals surface area contributed by atoms with E-state index in [0.717, 1.165) is 35.9 Å². The molecule has 0 aliphatic carbocycles. The Hall–Kier alpha value is -0.910. The molecule has 0 amide bonds. The van der Waals surface area contributed by atoms with Crippen molar-refractivity contribution in [3.8, 4) is 0 Å². The summed E-state index contributed by atoms with van der Waals surface area (Å²) in [7, 11) is 0. The van der Waals surface area contributed by atoms with Crippen LogP contribution >= 0.6 is 23.1 Å². The summed E-state index contributed by atoms with van der Waals surface area (Å²) in [6.07, 6.45) is 2.23. The first kappa shape index (κ1) is 13.1. The van der Waals surface area contributed by atoms with Crippen LogP contribution in [0, 0.1) is 0 Å². The zero-order valence-corrected chi connectivity index (χ0v) is 12.6. The van der Waals surface area contributed by atoms with Crippen LogP contribution in [0.15, 0.2) is 29.2 Å². The summed E-state index contributed by atoms with van der Waals surface area (Å²) in [5, 5.41) is 14.7. The summed E-state index contributed by atoms with van der Waals surface area (Å²) < 4.78 is 0. The number of nitrogens with one attached hydrogen (secondary N) is 1. The first-order chi connectivity index (χ1) is 9.36. The molecule has 100 valence electrons. The van der Waals surface area contributed by atoms with Gasteiger partial charge in [0.15, 0.2) is 0 Å². The fourth-order valence-corrected chi connectivity index (χ4v) is 4.42. The third kappa shape index (κ3) is 2.99. The van der Waals surface area contributed by atoms with Gasteiger partial charge in [0.05, 0.1) is 5.25 Å². The minimum atomic E-state index is 0.454. The first-order valence-corrected chi connectivity index (χ1v) is 8.34. The molecule has 0 saturated heterocycles. The van der Waals surface area contributed by atoms with Crippen molar-refractivity contribution in [1.29, 1.82) is 0 Å². The van der Waals surface area contributed by atoms with Crippen LogP contribution in [0.4, 0.5) is 0 Å².